The normalized spacial score (nSPS) is 10.5. The summed E-state index contributed by atoms with van der Waals surface area (Å²) in [6, 6.07) is 9.02. The van der Waals surface area contributed by atoms with Gasteiger partial charge in [-0.05, 0) is 30.7 Å². The van der Waals surface area contributed by atoms with E-state index in [1.165, 1.54) is 15.6 Å². The maximum absolute atomic E-state index is 12.2. The van der Waals surface area contributed by atoms with Crippen molar-refractivity contribution in [2.75, 3.05) is 5.32 Å². The minimum absolute atomic E-state index is 0.0976. The minimum Gasteiger partial charge on any atom is -0.321 e. The SMILES string of the molecule is Cc1cccc(NC(=O)c2ccn(Cn3cc([N+](=O)[O-])cn3)n2)c1. The molecule has 9 nitrogen and oxygen atoms in total. The molecule has 0 unspecified atom stereocenters. The highest BCUT2D eigenvalue weighted by Gasteiger charge is 2.12. The molecule has 0 aliphatic heterocycles. The molecule has 3 aromatic rings. The van der Waals surface area contributed by atoms with Gasteiger partial charge in [0.15, 0.2) is 5.69 Å². The molecule has 0 fully saturated rings. The molecular formula is C15H14N6O3. The average Bonchev–Trinajstić information content (AvgIpc) is 3.17. The van der Waals surface area contributed by atoms with Crippen LogP contribution in [-0.2, 0) is 6.67 Å². The molecule has 0 aliphatic carbocycles. The van der Waals surface area contributed by atoms with E-state index in [0.29, 0.717) is 5.69 Å². The number of rotatable bonds is 5. The maximum Gasteiger partial charge on any atom is 0.307 e. The van der Waals surface area contributed by atoms with Crippen LogP contribution in [0.5, 0.6) is 0 Å². The van der Waals surface area contributed by atoms with Gasteiger partial charge in [0.2, 0.25) is 0 Å². The largest absolute Gasteiger partial charge is 0.321 e. The van der Waals surface area contributed by atoms with Crippen LogP contribution in [0.2, 0.25) is 0 Å². The highest BCUT2D eigenvalue weighted by atomic mass is 16.6. The van der Waals surface area contributed by atoms with Crippen molar-refractivity contribution in [2.45, 2.75) is 13.6 Å². The first-order valence-corrected chi connectivity index (χ1v) is 7.09. The number of carbonyl (C=O) groups excluding carboxylic acids is 1. The second-order valence-electron chi connectivity index (χ2n) is 5.20. The van der Waals surface area contributed by atoms with Gasteiger partial charge in [-0.25, -0.2) is 4.68 Å². The molecule has 0 saturated heterocycles. The third-order valence-corrected chi connectivity index (χ3v) is 3.27. The van der Waals surface area contributed by atoms with Crippen molar-refractivity contribution < 1.29 is 9.72 Å². The summed E-state index contributed by atoms with van der Waals surface area (Å²) in [5.74, 6) is -0.328. The van der Waals surface area contributed by atoms with Crippen LogP contribution in [0.15, 0.2) is 48.9 Å². The Morgan fingerprint density at radius 1 is 1.33 bits per heavy atom. The second-order valence-corrected chi connectivity index (χ2v) is 5.20. The number of hydrogen-bond acceptors (Lipinski definition) is 5. The summed E-state index contributed by atoms with van der Waals surface area (Å²) < 4.78 is 2.84. The van der Waals surface area contributed by atoms with Crippen LogP contribution in [0.4, 0.5) is 11.4 Å². The lowest BCUT2D eigenvalue weighted by Gasteiger charge is -2.04. The standard InChI is InChI=1S/C15H14N6O3/c1-11-3-2-4-12(7-11)17-15(22)14-5-6-19(18-14)10-20-9-13(8-16-20)21(23)24/h2-9H,10H2,1H3,(H,17,22). The van der Waals surface area contributed by atoms with Crippen LogP contribution in [0, 0.1) is 17.0 Å². The molecule has 122 valence electrons. The highest BCUT2D eigenvalue weighted by molar-refractivity contribution is 6.02. The molecule has 1 amide bonds. The molecule has 0 atom stereocenters. The number of nitrogens with one attached hydrogen (secondary N) is 1. The fourth-order valence-corrected chi connectivity index (χ4v) is 2.15. The van der Waals surface area contributed by atoms with E-state index in [9.17, 15) is 14.9 Å². The topological polar surface area (TPSA) is 108 Å². The van der Waals surface area contributed by atoms with E-state index in [4.69, 9.17) is 0 Å². The van der Waals surface area contributed by atoms with Crippen LogP contribution in [0.25, 0.3) is 0 Å². The lowest BCUT2D eigenvalue weighted by Crippen LogP contribution is -2.15. The predicted molar refractivity (Wildman–Crippen MR) is 85.6 cm³/mol. The Morgan fingerprint density at radius 3 is 2.88 bits per heavy atom. The zero-order valence-electron chi connectivity index (χ0n) is 12.8. The van der Waals surface area contributed by atoms with Crippen molar-refractivity contribution in [3.63, 3.8) is 0 Å². The Morgan fingerprint density at radius 2 is 2.17 bits per heavy atom. The summed E-state index contributed by atoms with van der Waals surface area (Å²) >= 11 is 0. The van der Waals surface area contributed by atoms with Crippen LogP contribution in [-0.4, -0.2) is 30.4 Å². The molecule has 0 radical (unpaired) electrons. The Kier molecular flexibility index (Phi) is 4.06. The van der Waals surface area contributed by atoms with E-state index in [-0.39, 0.29) is 24.0 Å². The maximum atomic E-state index is 12.2. The fraction of sp³-hybridized carbons (Fsp3) is 0.133. The number of anilines is 1. The van der Waals surface area contributed by atoms with Crippen LogP contribution in [0.1, 0.15) is 16.1 Å². The Hall–Kier alpha value is -3.49. The van der Waals surface area contributed by atoms with Crippen molar-refractivity contribution in [3.8, 4) is 0 Å². The van der Waals surface area contributed by atoms with Crippen LogP contribution < -0.4 is 5.32 Å². The Bertz CT molecular complexity index is 898. The highest BCUT2D eigenvalue weighted by Crippen LogP contribution is 2.11. The van der Waals surface area contributed by atoms with Crippen molar-refractivity contribution in [1.29, 1.82) is 0 Å². The quantitative estimate of drug-likeness (QED) is 0.570. The predicted octanol–water partition coefficient (Wildman–Crippen LogP) is 2.05. The van der Waals surface area contributed by atoms with Crippen LogP contribution in [0.3, 0.4) is 0 Å². The lowest BCUT2D eigenvalue weighted by molar-refractivity contribution is -0.385. The number of nitro groups is 1. The first-order valence-electron chi connectivity index (χ1n) is 7.09. The molecule has 3 rings (SSSR count). The number of aromatic nitrogens is 4. The van der Waals surface area contributed by atoms with Crippen LogP contribution >= 0.6 is 0 Å². The molecule has 9 heteroatoms. The fourth-order valence-electron chi connectivity index (χ4n) is 2.15. The van der Waals surface area contributed by atoms with Crippen molar-refractivity contribution in [2.24, 2.45) is 0 Å². The summed E-state index contributed by atoms with van der Waals surface area (Å²) in [5.41, 5.74) is 1.88. The number of amides is 1. The molecule has 2 heterocycles. The van der Waals surface area contributed by atoms with Crippen molar-refractivity contribution >= 4 is 17.3 Å². The van der Waals surface area contributed by atoms with Gasteiger partial charge in [-0.2, -0.15) is 10.2 Å². The number of benzene rings is 1. The van der Waals surface area contributed by atoms with Gasteiger partial charge in [-0.3, -0.25) is 19.6 Å². The van der Waals surface area contributed by atoms with Gasteiger partial charge in [-0.1, -0.05) is 12.1 Å². The average molecular weight is 326 g/mol. The first-order chi connectivity index (χ1) is 11.5. The second kappa shape index (κ2) is 6.32. The Balaban J connectivity index is 1.68. The van der Waals surface area contributed by atoms with Gasteiger partial charge in [0, 0.05) is 11.9 Å². The number of nitrogens with zero attached hydrogens (tertiary/aromatic N) is 5. The van der Waals surface area contributed by atoms with Gasteiger partial charge in [0.1, 0.15) is 19.1 Å². The third kappa shape index (κ3) is 3.46. The van der Waals surface area contributed by atoms with Gasteiger partial charge in [-0.15, -0.1) is 0 Å². The molecule has 0 spiro atoms. The van der Waals surface area contributed by atoms with Crippen molar-refractivity contribution in [1.82, 2.24) is 19.6 Å². The van der Waals surface area contributed by atoms with Crippen molar-refractivity contribution in [3.05, 3.63) is 70.3 Å². The van der Waals surface area contributed by atoms with Gasteiger partial charge >= 0.3 is 5.69 Å². The molecule has 1 N–H and O–H groups in total. The van der Waals surface area contributed by atoms with E-state index in [2.05, 4.69) is 15.5 Å². The van der Waals surface area contributed by atoms with Gasteiger partial charge < -0.3 is 5.32 Å². The number of carbonyl (C=O) groups is 1. The summed E-state index contributed by atoms with van der Waals surface area (Å²) in [7, 11) is 0. The van der Waals surface area contributed by atoms with E-state index in [1.54, 1.807) is 18.3 Å². The lowest BCUT2D eigenvalue weighted by atomic mass is 10.2. The summed E-state index contributed by atoms with van der Waals surface area (Å²) in [4.78, 5) is 22.3. The Labute approximate surface area is 136 Å². The molecule has 24 heavy (non-hydrogen) atoms. The van der Waals surface area contributed by atoms with Gasteiger partial charge in [0.05, 0.1) is 4.92 Å². The minimum atomic E-state index is -0.521. The van der Waals surface area contributed by atoms with E-state index in [1.807, 2.05) is 25.1 Å². The molecule has 0 bridgehead atoms. The smallest absolute Gasteiger partial charge is 0.307 e. The zero-order chi connectivity index (χ0) is 17.1. The summed E-state index contributed by atoms with van der Waals surface area (Å²) in [5, 5.41) is 21.4. The van der Waals surface area contributed by atoms with E-state index < -0.39 is 4.92 Å². The van der Waals surface area contributed by atoms with E-state index in [0.717, 1.165) is 11.8 Å². The number of aryl methyl sites for hydroxylation is 1. The zero-order valence-corrected chi connectivity index (χ0v) is 12.8. The summed E-state index contributed by atoms with van der Waals surface area (Å²) in [6.45, 7) is 2.11. The first kappa shape index (κ1) is 15.4. The molecular weight excluding hydrogens is 312 g/mol. The number of hydrogen-bond donors (Lipinski definition) is 1. The summed E-state index contributed by atoms with van der Waals surface area (Å²) in [6.07, 6.45) is 4.07. The molecule has 1 aromatic carbocycles. The van der Waals surface area contributed by atoms with Gasteiger partial charge in [0.25, 0.3) is 5.91 Å². The van der Waals surface area contributed by atoms with E-state index >= 15 is 0 Å². The molecule has 0 aliphatic rings. The monoisotopic (exact) mass is 326 g/mol. The molecule has 0 saturated carbocycles. The molecule has 2 aromatic heterocycles. The third-order valence-electron chi connectivity index (χ3n) is 3.27.